The number of alkyl halides is 2. The van der Waals surface area contributed by atoms with Crippen LogP contribution in [0, 0.1) is 13.8 Å². The third kappa shape index (κ3) is 2.53. The summed E-state index contributed by atoms with van der Waals surface area (Å²) >= 11 is 0. The first-order valence-electron chi connectivity index (χ1n) is 4.77. The van der Waals surface area contributed by atoms with Gasteiger partial charge in [-0.1, -0.05) is 0 Å². The zero-order chi connectivity index (χ0) is 12.3. The van der Waals surface area contributed by atoms with Crippen LogP contribution >= 0.6 is 0 Å². The highest BCUT2D eigenvalue weighted by atomic mass is 19.3. The lowest BCUT2D eigenvalue weighted by Gasteiger charge is -2.11. The lowest BCUT2D eigenvalue weighted by molar-refractivity contribution is -0.128. The molecule has 1 heterocycles. The zero-order valence-corrected chi connectivity index (χ0v) is 9.38. The Morgan fingerprint density at radius 2 is 2.12 bits per heavy atom. The Bertz CT molecular complexity index is 405. The van der Waals surface area contributed by atoms with Crippen molar-refractivity contribution < 1.29 is 18.3 Å². The monoisotopic (exact) mass is 229 g/mol. The normalized spacial score (nSPS) is 10.6. The first-order chi connectivity index (χ1) is 7.47. The van der Waals surface area contributed by atoms with Crippen LogP contribution in [0.2, 0.25) is 0 Å². The molecule has 0 amide bonds. The van der Waals surface area contributed by atoms with Gasteiger partial charge in [-0.2, -0.15) is 0 Å². The molecule has 0 N–H and O–H groups in total. The minimum absolute atomic E-state index is 0.341. The maximum absolute atomic E-state index is 12.1. The van der Waals surface area contributed by atoms with E-state index in [0.29, 0.717) is 17.0 Å². The minimum Gasteiger partial charge on any atom is -0.496 e. The summed E-state index contributed by atoms with van der Waals surface area (Å²) in [5.41, 5.74) is 1.79. The number of carbonyl (C=O) groups is 1. The van der Waals surface area contributed by atoms with Gasteiger partial charge in [0.25, 0.3) is 6.43 Å². The van der Waals surface area contributed by atoms with Gasteiger partial charge in [-0.15, -0.1) is 0 Å². The highest BCUT2D eigenvalue weighted by Crippen LogP contribution is 2.24. The van der Waals surface area contributed by atoms with Crippen molar-refractivity contribution in [3.05, 3.63) is 23.0 Å². The number of carbonyl (C=O) groups excluding carboxylic acids is 1. The van der Waals surface area contributed by atoms with Crippen LogP contribution < -0.4 is 4.74 Å². The van der Waals surface area contributed by atoms with E-state index in [-0.39, 0.29) is 6.42 Å². The van der Waals surface area contributed by atoms with Crippen LogP contribution in [0.4, 0.5) is 8.78 Å². The highest BCUT2D eigenvalue weighted by molar-refractivity contribution is 5.83. The first-order valence-corrected chi connectivity index (χ1v) is 4.77. The number of pyridine rings is 1. The number of aromatic nitrogens is 1. The molecule has 0 atom stereocenters. The van der Waals surface area contributed by atoms with E-state index >= 15 is 0 Å². The molecule has 0 spiro atoms. The van der Waals surface area contributed by atoms with Crippen LogP contribution in [0.15, 0.2) is 6.20 Å². The molecule has 0 saturated carbocycles. The summed E-state index contributed by atoms with van der Waals surface area (Å²) in [6, 6.07) is 0. The molecule has 0 aliphatic carbocycles. The van der Waals surface area contributed by atoms with Crippen molar-refractivity contribution in [1.29, 1.82) is 0 Å². The molecule has 0 saturated heterocycles. The van der Waals surface area contributed by atoms with Gasteiger partial charge in [0.1, 0.15) is 5.75 Å². The zero-order valence-electron chi connectivity index (χ0n) is 9.38. The fourth-order valence-corrected chi connectivity index (χ4v) is 1.49. The highest BCUT2D eigenvalue weighted by Gasteiger charge is 2.19. The standard InChI is InChI=1S/C11H13F2NO2/c1-6-5-14-8(4-9(15)11(12)13)7(2)10(6)16-3/h5,11H,4H2,1-3H3. The van der Waals surface area contributed by atoms with Crippen LogP contribution in [0.1, 0.15) is 16.8 Å². The number of nitrogens with zero attached hydrogens (tertiary/aromatic N) is 1. The molecule has 1 rings (SSSR count). The van der Waals surface area contributed by atoms with Crippen LogP contribution in [-0.2, 0) is 11.2 Å². The first kappa shape index (κ1) is 12.5. The Balaban J connectivity index is 3.03. The average Bonchev–Trinajstić information content (AvgIpc) is 2.22. The number of ketones is 1. The molecule has 1 aromatic rings. The van der Waals surface area contributed by atoms with E-state index in [9.17, 15) is 13.6 Å². The smallest absolute Gasteiger partial charge is 0.296 e. The third-order valence-electron chi connectivity index (χ3n) is 2.33. The number of hydrogen-bond acceptors (Lipinski definition) is 3. The summed E-state index contributed by atoms with van der Waals surface area (Å²) < 4.78 is 29.3. The number of methoxy groups -OCH3 is 1. The van der Waals surface area contributed by atoms with Gasteiger partial charge in [-0.3, -0.25) is 9.78 Å². The Labute approximate surface area is 92.4 Å². The van der Waals surface area contributed by atoms with Crippen molar-refractivity contribution in [3.8, 4) is 5.75 Å². The van der Waals surface area contributed by atoms with Crippen molar-refractivity contribution in [2.75, 3.05) is 7.11 Å². The minimum atomic E-state index is -2.95. The van der Waals surface area contributed by atoms with E-state index in [1.54, 1.807) is 13.8 Å². The average molecular weight is 229 g/mol. The molecule has 0 aliphatic rings. The van der Waals surface area contributed by atoms with E-state index < -0.39 is 12.2 Å². The molecule has 5 heteroatoms. The maximum atomic E-state index is 12.1. The summed E-state index contributed by atoms with van der Waals surface area (Å²) in [5, 5.41) is 0. The van der Waals surface area contributed by atoms with Gasteiger partial charge in [0.2, 0.25) is 5.78 Å². The second-order valence-corrected chi connectivity index (χ2v) is 3.49. The summed E-state index contributed by atoms with van der Waals surface area (Å²) in [5.74, 6) is -0.534. The van der Waals surface area contributed by atoms with E-state index in [0.717, 1.165) is 5.56 Å². The number of halogens is 2. The van der Waals surface area contributed by atoms with Crippen LogP contribution in [0.3, 0.4) is 0 Å². The van der Waals surface area contributed by atoms with Crippen molar-refractivity contribution in [2.45, 2.75) is 26.7 Å². The molecule has 0 fully saturated rings. The van der Waals surface area contributed by atoms with Gasteiger partial charge in [0.05, 0.1) is 19.2 Å². The lowest BCUT2D eigenvalue weighted by Crippen LogP contribution is -2.15. The molecular weight excluding hydrogens is 216 g/mol. The number of rotatable bonds is 4. The van der Waals surface area contributed by atoms with Crippen molar-refractivity contribution in [3.63, 3.8) is 0 Å². The largest absolute Gasteiger partial charge is 0.496 e. The van der Waals surface area contributed by atoms with Gasteiger partial charge < -0.3 is 4.74 Å². The SMILES string of the molecule is COc1c(C)cnc(CC(=O)C(F)F)c1C. The Morgan fingerprint density at radius 3 is 2.62 bits per heavy atom. The summed E-state index contributed by atoms with van der Waals surface area (Å²) in [6.07, 6.45) is -1.80. The number of ether oxygens (including phenoxy) is 1. The van der Waals surface area contributed by atoms with Gasteiger partial charge in [0, 0.05) is 17.3 Å². The quantitative estimate of drug-likeness (QED) is 0.793. The van der Waals surface area contributed by atoms with Gasteiger partial charge in [-0.05, 0) is 13.8 Å². The van der Waals surface area contributed by atoms with E-state index in [1.807, 2.05) is 0 Å². The van der Waals surface area contributed by atoms with E-state index in [1.165, 1.54) is 13.3 Å². The molecule has 16 heavy (non-hydrogen) atoms. The summed E-state index contributed by atoms with van der Waals surface area (Å²) in [7, 11) is 1.49. The fourth-order valence-electron chi connectivity index (χ4n) is 1.49. The maximum Gasteiger partial charge on any atom is 0.296 e. The number of Topliss-reactive ketones (excluding diaryl/α,β-unsaturated/α-hetero) is 1. The van der Waals surface area contributed by atoms with Crippen LogP contribution in [0.5, 0.6) is 5.75 Å². The predicted octanol–water partition coefficient (Wildman–Crippen LogP) is 2.08. The summed E-state index contributed by atoms with van der Waals surface area (Å²) in [4.78, 5) is 14.9. The lowest BCUT2D eigenvalue weighted by atomic mass is 10.1. The van der Waals surface area contributed by atoms with Crippen molar-refractivity contribution in [1.82, 2.24) is 4.98 Å². The molecular formula is C11H13F2NO2. The predicted molar refractivity (Wildman–Crippen MR) is 55.0 cm³/mol. The molecule has 0 aromatic carbocycles. The molecule has 88 valence electrons. The topological polar surface area (TPSA) is 39.2 Å². The Morgan fingerprint density at radius 1 is 1.50 bits per heavy atom. The Hall–Kier alpha value is -1.52. The van der Waals surface area contributed by atoms with Gasteiger partial charge in [0.15, 0.2) is 0 Å². The van der Waals surface area contributed by atoms with Crippen molar-refractivity contribution in [2.24, 2.45) is 0 Å². The van der Waals surface area contributed by atoms with Crippen LogP contribution in [-0.4, -0.2) is 24.3 Å². The molecule has 0 aliphatic heterocycles. The third-order valence-corrected chi connectivity index (χ3v) is 2.33. The van der Waals surface area contributed by atoms with E-state index in [2.05, 4.69) is 4.98 Å². The molecule has 0 bridgehead atoms. The van der Waals surface area contributed by atoms with Crippen molar-refractivity contribution >= 4 is 5.78 Å². The molecule has 1 aromatic heterocycles. The molecule has 3 nitrogen and oxygen atoms in total. The second-order valence-electron chi connectivity index (χ2n) is 3.49. The van der Waals surface area contributed by atoms with Gasteiger partial charge >= 0.3 is 0 Å². The molecule has 0 radical (unpaired) electrons. The van der Waals surface area contributed by atoms with E-state index in [4.69, 9.17) is 4.74 Å². The number of hydrogen-bond donors (Lipinski definition) is 0. The Kier molecular flexibility index (Phi) is 3.93. The fraction of sp³-hybridized carbons (Fsp3) is 0.455. The summed E-state index contributed by atoms with van der Waals surface area (Å²) in [6.45, 7) is 3.50. The number of aryl methyl sites for hydroxylation is 1. The molecule has 0 unspecified atom stereocenters. The van der Waals surface area contributed by atoms with Gasteiger partial charge in [-0.25, -0.2) is 8.78 Å². The van der Waals surface area contributed by atoms with Crippen LogP contribution in [0.25, 0.3) is 0 Å². The second kappa shape index (κ2) is 5.01.